The second kappa shape index (κ2) is 7.14. The van der Waals surface area contributed by atoms with Crippen molar-refractivity contribution < 1.29 is 9.59 Å². The quantitative estimate of drug-likeness (QED) is 0.582. The number of carbonyl (C=O) groups is 2. The molecule has 1 aromatic heterocycles. The van der Waals surface area contributed by atoms with Gasteiger partial charge in [-0.3, -0.25) is 9.59 Å². The summed E-state index contributed by atoms with van der Waals surface area (Å²) in [5, 5.41) is 3.28. The highest BCUT2D eigenvalue weighted by Gasteiger charge is 2.18. The average Bonchev–Trinajstić information content (AvgIpc) is 3.00. The van der Waals surface area contributed by atoms with Gasteiger partial charge < -0.3 is 11.1 Å². The van der Waals surface area contributed by atoms with E-state index in [9.17, 15) is 9.59 Å². The highest BCUT2D eigenvalue weighted by atomic mass is 127. The zero-order valence-corrected chi connectivity index (χ0v) is 15.4. The van der Waals surface area contributed by atoms with Gasteiger partial charge in [-0.25, -0.2) is 0 Å². The van der Waals surface area contributed by atoms with Gasteiger partial charge in [-0.15, -0.1) is 11.3 Å². The number of nitrogens with two attached hydrogens (primary N) is 1. The van der Waals surface area contributed by atoms with Crippen molar-refractivity contribution in [1.82, 2.24) is 0 Å². The number of halogens is 1. The van der Waals surface area contributed by atoms with Crippen molar-refractivity contribution >= 4 is 50.7 Å². The standard InChI is InChI=1S/C18H13IN2O2S/c19-14-9-5-4-8-12(14)17(23)21-18-13(16(20)22)10-15(24-18)11-6-2-1-3-7-11/h1-10H,(H2,20,22)(H,21,23). The Hall–Kier alpha value is -2.19. The Morgan fingerprint density at radius 1 is 0.958 bits per heavy atom. The van der Waals surface area contributed by atoms with E-state index in [4.69, 9.17) is 5.73 Å². The molecule has 6 heteroatoms. The molecule has 0 saturated carbocycles. The summed E-state index contributed by atoms with van der Waals surface area (Å²) in [7, 11) is 0. The summed E-state index contributed by atoms with van der Waals surface area (Å²) in [6.45, 7) is 0. The van der Waals surface area contributed by atoms with Crippen molar-refractivity contribution in [3.63, 3.8) is 0 Å². The zero-order valence-electron chi connectivity index (χ0n) is 12.5. The maximum absolute atomic E-state index is 12.5. The number of primary amides is 1. The lowest BCUT2D eigenvalue weighted by Crippen LogP contribution is -2.17. The number of anilines is 1. The lowest BCUT2D eigenvalue weighted by Gasteiger charge is -2.06. The first-order chi connectivity index (χ1) is 11.6. The molecule has 1 heterocycles. The number of benzene rings is 2. The van der Waals surface area contributed by atoms with Crippen molar-refractivity contribution in [1.29, 1.82) is 0 Å². The number of carbonyl (C=O) groups excluding carboxylic acids is 2. The van der Waals surface area contributed by atoms with Gasteiger partial charge in [0.1, 0.15) is 5.00 Å². The minimum Gasteiger partial charge on any atom is -0.366 e. The Balaban J connectivity index is 1.96. The van der Waals surface area contributed by atoms with Crippen LogP contribution in [0.5, 0.6) is 0 Å². The third-order valence-electron chi connectivity index (χ3n) is 3.40. The zero-order chi connectivity index (χ0) is 17.1. The van der Waals surface area contributed by atoms with Crippen LogP contribution in [0.4, 0.5) is 5.00 Å². The molecule has 3 aromatic rings. The maximum atomic E-state index is 12.5. The van der Waals surface area contributed by atoms with Crippen molar-refractivity contribution in [3.05, 3.63) is 75.4 Å². The normalized spacial score (nSPS) is 10.4. The van der Waals surface area contributed by atoms with Crippen LogP contribution >= 0.6 is 33.9 Å². The van der Waals surface area contributed by atoms with Gasteiger partial charge in [-0.05, 0) is 46.4 Å². The fourth-order valence-corrected chi connectivity index (χ4v) is 3.92. The molecule has 0 unspecified atom stereocenters. The van der Waals surface area contributed by atoms with Crippen LogP contribution in [0, 0.1) is 3.57 Å². The largest absolute Gasteiger partial charge is 0.366 e. The molecule has 0 aliphatic rings. The van der Waals surface area contributed by atoms with Crippen LogP contribution in [0.15, 0.2) is 60.7 Å². The molecule has 0 fully saturated rings. The number of rotatable bonds is 4. The fraction of sp³-hybridized carbons (Fsp3) is 0. The van der Waals surface area contributed by atoms with E-state index in [0.29, 0.717) is 16.1 Å². The summed E-state index contributed by atoms with van der Waals surface area (Å²) in [6.07, 6.45) is 0. The smallest absolute Gasteiger partial charge is 0.257 e. The predicted octanol–water partition coefficient (Wildman–Crippen LogP) is 4.37. The Morgan fingerprint density at radius 3 is 2.29 bits per heavy atom. The molecule has 0 aliphatic heterocycles. The van der Waals surface area contributed by atoms with Crippen molar-refractivity contribution in [2.75, 3.05) is 5.32 Å². The number of thiophene rings is 1. The Bertz CT molecular complexity index is 906. The summed E-state index contributed by atoms with van der Waals surface area (Å²) in [6, 6.07) is 18.6. The SMILES string of the molecule is NC(=O)c1cc(-c2ccccc2)sc1NC(=O)c1ccccc1I. The minimum absolute atomic E-state index is 0.260. The van der Waals surface area contributed by atoms with Gasteiger partial charge in [0.2, 0.25) is 0 Å². The van der Waals surface area contributed by atoms with E-state index < -0.39 is 5.91 Å². The molecule has 3 rings (SSSR count). The van der Waals surface area contributed by atoms with E-state index in [2.05, 4.69) is 27.9 Å². The van der Waals surface area contributed by atoms with Crippen LogP contribution in [0.2, 0.25) is 0 Å². The van der Waals surface area contributed by atoms with Gasteiger partial charge in [-0.2, -0.15) is 0 Å². The monoisotopic (exact) mass is 448 g/mol. The van der Waals surface area contributed by atoms with Gasteiger partial charge in [0.15, 0.2) is 0 Å². The van der Waals surface area contributed by atoms with Crippen LogP contribution in [-0.2, 0) is 0 Å². The molecule has 120 valence electrons. The number of hydrogen-bond acceptors (Lipinski definition) is 3. The lowest BCUT2D eigenvalue weighted by atomic mass is 10.1. The van der Waals surface area contributed by atoms with Crippen molar-refractivity contribution in [2.45, 2.75) is 0 Å². The number of nitrogens with one attached hydrogen (secondary N) is 1. The third kappa shape index (κ3) is 3.49. The Kier molecular flexibility index (Phi) is 4.96. The molecule has 2 amide bonds. The van der Waals surface area contributed by atoms with Crippen molar-refractivity contribution in [2.24, 2.45) is 5.73 Å². The highest BCUT2D eigenvalue weighted by Crippen LogP contribution is 2.35. The van der Waals surface area contributed by atoms with Gasteiger partial charge in [0, 0.05) is 8.45 Å². The fourth-order valence-electron chi connectivity index (χ4n) is 2.23. The molecule has 24 heavy (non-hydrogen) atoms. The van der Waals surface area contributed by atoms with E-state index in [1.807, 2.05) is 42.5 Å². The maximum Gasteiger partial charge on any atom is 0.257 e. The summed E-state index contributed by atoms with van der Waals surface area (Å²) in [5.74, 6) is -0.824. The first-order valence-corrected chi connectivity index (χ1v) is 9.00. The van der Waals surface area contributed by atoms with Crippen LogP contribution in [0.3, 0.4) is 0 Å². The van der Waals surface area contributed by atoms with Crippen LogP contribution in [0.25, 0.3) is 10.4 Å². The summed E-state index contributed by atoms with van der Waals surface area (Å²) < 4.78 is 0.841. The van der Waals surface area contributed by atoms with E-state index in [0.717, 1.165) is 14.0 Å². The average molecular weight is 448 g/mol. The first-order valence-electron chi connectivity index (χ1n) is 7.11. The van der Waals surface area contributed by atoms with Crippen molar-refractivity contribution in [3.8, 4) is 10.4 Å². The lowest BCUT2D eigenvalue weighted by molar-refractivity contribution is 0.100. The van der Waals surface area contributed by atoms with E-state index >= 15 is 0 Å². The number of amides is 2. The van der Waals surface area contributed by atoms with Gasteiger partial charge in [0.05, 0.1) is 11.1 Å². The highest BCUT2D eigenvalue weighted by molar-refractivity contribution is 14.1. The van der Waals surface area contributed by atoms with E-state index in [1.165, 1.54) is 11.3 Å². The van der Waals surface area contributed by atoms with Gasteiger partial charge in [-0.1, -0.05) is 42.5 Å². The summed E-state index contributed by atoms with van der Waals surface area (Å²) in [5.41, 5.74) is 7.31. The summed E-state index contributed by atoms with van der Waals surface area (Å²) >= 11 is 3.44. The molecule has 0 atom stereocenters. The molecule has 0 radical (unpaired) electrons. The minimum atomic E-state index is -0.563. The van der Waals surface area contributed by atoms with Gasteiger partial charge >= 0.3 is 0 Å². The van der Waals surface area contributed by atoms with Gasteiger partial charge in [0.25, 0.3) is 11.8 Å². The van der Waals surface area contributed by atoms with Crippen LogP contribution in [-0.4, -0.2) is 11.8 Å². The molecule has 2 aromatic carbocycles. The molecule has 0 saturated heterocycles. The van der Waals surface area contributed by atoms with E-state index in [-0.39, 0.29) is 5.91 Å². The molecule has 3 N–H and O–H groups in total. The predicted molar refractivity (Wildman–Crippen MR) is 105 cm³/mol. The second-order valence-electron chi connectivity index (χ2n) is 5.02. The number of hydrogen-bond donors (Lipinski definition) is 2. The second-order valence-corrected chi connectivity index (χ2v) is 7.23. The Morgan fingerprint density at radius 2 is 1.62 bits per heavy atom. The molecule has 0 spiro atoms. The third-order valence-corrected chi connectivity index (χ3v) is 5.44. The molecule has 4 nitrogen and oxygen atoms in total. The summed E-state index contributed by atoms with van der Waals surface area (Å²) in [4.78, 5) is 25.1. The first kappa shape index (κ1) is 16.7. The van der Waals surface area contributed by atoms with Crippen LogP contribution in [0.1, 0.15) is 20.7 Å². The molecule has 0 bridgehead atoms. The molecular weight excluding hydrogens is 435 g/mol. The molecule has 0 aliphatic carbocycles. The van der Waals surface area contributed by atoms with E-state index in [1.54, 1.807) is 18.2 Å². The topological polar surface area (TPSA) is 72.2 Å². The van der Waals surface area contributed by atoms with Crippen LogP contribution < -0.4 is 11.1 Å². The molecular formula is C18H13IN2O2S. The Labute approximate surface area is 156 Å².